The molecule has 1 unspecified atom stereocenters. The van der Waals surface area contributed by atoms with E-state index in [1.807, 2.05) is 6.07 Å². The molecule has 2 heterocycles. The Kier molecular flexibility index (Phi) is 3.86. The predicted octanol–water partition coefficient (Wildman–Crippen LogP) is 1.93. The summed E-state index contributed by atoms with van der Waals surface area (Å²) >= 11 is 1.58. The highest BCUT2D eigenvalue weighted by Gasteiger charge is 2.29. The molecule has 20 heavy (non-hydrogen) atoms. The summed E-state index contributed by atoms with van der Waals surface area (Å²) in [6.07, 6.45) is 6.35. The van der Waals surface area contributed by atoms with Crippen LogP contribution in [0.15, 0.2) is 6.07 Å². The molecule has 1 fully saturated rings. The number of aryl methyl sites for hydroxylation is 2. The molecular weight excluding hydrogens is 294 g/mol. The van der Waals surface area contributed by atoms with Crippen LogP contribution in [0.4, 0.5) is 0 Å². The third-order valence-corrected chi connectivity index (χ3v) is 7.04. The van der Waals surface area contributed by atoms with Crippen LogP contribution < -0.4 is 5.32 Å². The Morgan fingerprint density at radius 1 is 1.25 bits per heavy atom. The number of thiophene rings is 1. The average molecular weight is 313 g/mol. The van der Waals surface area contributed by atoms with Crippen LogP contribution in [-0.4, -0.2) is 31.9 Å². The van der Waals surface area contributed by atoms with Gasteiger partial charge in [-0.1, -0.05) is 6.42 Å². The molecule has 4 nitrogen and oxygen atoms in total. The molecule has 0 spiro atoms. The first-order chi connectivity index (χ1) is 9.53. The lowest BCUT2D eigenvalue weighted by Gasteiger charge is -2.09. The normalized spacial score (nSPS) is 24.9. The Balaban J connectivity index is 1.69. The number of sulfone groups is 1. The second-order valence-corrected chi connectivity index (χ2v) is 9.06. The Morgan fingerprint density at radius 2 is 2.05 bits per heavy atom. The lowest BCUT2D eigenvalue weighted by molar-refractivity contribution is 0.0945. The largest absolute Gasteiger partial charge is 0.348 e. The molecule has 0 aromatic carbocycles. The summed E-state index contributed by atoms with van der Waals surface area (Å²) in [5.41, 5.74) is 1.32. The highest BCUT2D eigenvalue weighted by atomic mass is 32.2. The van der Waals surface area contributed by atoms with E-state index in [0.717, 1.165) is 17.7 Å². The van der Waals surface area contributed by atoms with E-state index in [9.17, 15) is 13.2 Å². The van der Waals surface area contributed by atoms with E-state index in [0.29, 0.717) is 6.42 Å². The van der Waals surface area contributed by atoms with Gasteiger partial charge in [-0.3, -0.25) is 4.79 Å². The third kappa shape index (κ3) is 3.06. The fraction of sp³-hybridized carbons (Fsp3) is 0.643. The van der Waals surface area contributed by atoms with Gasteiger partial charge in [-0.05, 0) is 43.7 Å². The van der Waals surface area contributed by atoms with E-state index >= 15 is 0 Å². The van der Waals surface area contributed by atoms with Gasteiger partial charge in [0.2, 0.25) is 0 Å². The fourth-order valence-electron chi connectivity index (χ4n) is 2.94. The van der Waals surface area contributed by atoms with Crippen molar-refractivity contribution < 1.29 is 13.2 Å². The van der Waals surface area contributed by atoms with Crippen LogP contribution >= 0.6 is 11.3 Å². The van der Waals surface area contributed by atoms with Gasteiger partial charge >= 0.3 is 0 Å². The lowest BCUT2D eigenvalue weighted by atomic mass is 10.1. The smallest absolute Gasteiger partial charge is 0.261 e. The average Bonchev–Trinajstić information content (AvgIpc) is 2.86. The predicted molar refractivity (Wildman–Crippen MR) is 80.1 cm³/mol. The van der Waals surface area contributed by atoms with Crippen molar-refractivity contribution in [2.45, 2.75) is 44.6 Å². The van der Waals surface area contributed by atoms with E-state index in [-0.39, 0.29) is 23.5 Å². The first-order valence-electron chi connectivity index (χ1n) is 7.16. The van der Waals surface area contributed by atoms with Gasteiger partial charge in [0.1, 0.15) is 0 Å². The van der Waals surface area contributed by atoms with Crippen LogP contribution in [-0.2, 0) is 22.7 Å². The second-order valence-electron chi connectivity index (χ2n) is 5.69. The summed E-state index contributed by atoms with van der Waals surface area (Å²) in [4.78, 5) is 14.3. The molecule has 1 aromatic rings. The van der Waals surface area contributed by atoms with Gasteiger partial charge in [-0.2, -0.15) is 0 Å². The highest BCUT2D eigenvalue weighted by molar-refractivity contribution is 7.91. The number of hydrogen-bond donors (Lipinski definition) is 1. The first kappa shape index (κ1) is 14.1. The number of hydrogen-bond acceptors (Lipinski definition) is 4. The minimum absolute atomic E-state index is 0.0871. The quantitative estimate of drug-likeness (QED) is 0.849. The molecule has 1 aromatic heterocycles. The molecule has 2 aliphatic rings. The maximum Gasteiger partial charge on any atom is 0.261 e. The van der Waals surface area contributed by atoms with E-state index in [4.69, 9.17) is 0 Å². The number of carbonyl (C=O) groups excluding carboxylic acids is 1. The topological polar surface area (TPSA) is 63.2 Å². The lowest BCUT2D eigenvalue weighted by Crippen LogP contribution is -2.35. The minimum atomic E-state index is -2.94. The number of rotatable bonds is 2. The second kappa shape index (κ2) is 5.48. The van der Waals surface area contributed by atoms with Crippen molar-refractivity contribution in [2.75, 3.05) is 11.5 Å². The van der Waals surface area contributed by atoms with Crippen molar-refractivity contribution in [2.24, 2.45) is 0 Å². The summed E-state index contributed by atoms with van der Waals surface area (Å²) in [6.45, 7) is 0. The Hall–Kier alpha value is -0.880. The van der Waals surface area contributed by atoms with Crippen LogP contribution in [0.1, 0.15) is 45.8 Å². The van der Waals surface area contributed by atoms with Gasteiger partial charge in [0.05, 0.1) is 16.4 Å². The van der Waals surface area contributed by atoms with Crippen LogP contribution in [0, 0.1) is 0 Å². The van der Waals surface area contributed by atoms with Gasteiger partial charge in [-0.25, -0.2) is 8.42 Å². The summed E-state index contributed by atoms with van der Waals surface area (Å²) in [5, 5.41) is 2.87. The molecule has 0 saturated carbocycles. The van der Waals surface area contributed by atoms with E-state index < -0.39 is 9.84 Å². The van der Waals surface area contributed by atoms with Gasteiger partial charge in [0, 0.05) is 10.9 Å². The molecule has 1 N–H and O–H groups in total. The highest BCUT2D eigenvalue weighted by Crippen LogP contribution is 2.29. The van der Waals surface area contributed by atoms with Crippen molar-refractivity contribution in [1.82, 2.24) is 5.32 Å². The van der Waals surface area contributed by atoms with Gasteiger partial charge in [0.25, 0.3) is 5.91 Å². The molecular formula is C14H19NO3S2. The number of carbonyl (C=O) groups is 1. The number of fused-ring (bicyclic) bond motifs is 1. The fourth-order valence-corrected chi connectivity index (χ4v) is 5.77. The summed E-state index contributed by atoms with van der Waals surface area (Å²) in [7, 11) is -2.94. The molecule has 1 aliphatic carbocycles. The van der Waals surface area contributed by atoms with Crippen LogP contribution in [0.5, 0.6) is 0 Å². The van der Waals surface area contributed by atoms with Crippen molar-refractivity contribution >= 4 is 27.1 Å². The van der Waals surface area contributed by atoms with E-state index in [2.05, 4.69) is 5.32 Å². The van der Waals surface area contributed by atoms with Crippen LogP contribution in [0.2, 0.25) is 0 Å². The zero-order valence-corrected chi connectivity index (χ0v) is 13.0. The molecule has 110 valence electrons. The maximum atomic E-state index is 12.2. The Bertz CT molecular complexity index is 595. The van der Waals surface area contributed by atoms with Crippen molar-refractivity contribution in [3.63, 3.8) is 0 Å². The third-order valence-electron chi connectivity index (χ3n) is 4.04. The SMILES string of the molecule is O=C(NC1CCS(=O)(=O)C1)c1cc2c(s1)CCCCC2. The minimum Gasteiger partial charge on any atom is -0.348 e. The molecule has 1 aliphatic heterocycles. The maximum absolute atomic E-state index is 12.2. The van der Waals surface area contributed by atoms with Crippen molar-refractivity contribution in [3.05, 3.63) is 21.4 Å². The zero-order chi connectivity index (χ0) is 14.2. The standard InChI is InChI=1S/C14H19NO3S2/c16-14(15-11-6-7-20(17,18)9-11)13-8-10-4-2-1-3-5-12(10)19-13/h8,11H,1-7,9H2,(H,15,16). The van der Waals surface area contributed by atoms with Crippen LogP contribution in [0.3, 0.4) is 0 Å². The molecule has 1 amide bonds. The van der Waals surface area contributed by atoms with E-state index in [1.54, 1.807) is 11.3 Å². The molecule has 0 bridgehead atoms. The molecule has 0 radical (unpaired) electrons. The van der Waals surface area contributed by atoms with Gasteiger partial charge < -0.3 is 5.32 Å². The first-order valence-corrected chi connectivity index (χ1v) is 9.80. The summed E-state index contributed by atoms with van der Waals surface area (Å²) < 4.78 is 22.8. The molecule has 1 saturated heterocycles. The number of amides is 1. The van der Waals surface area contributed by atoms with Crippen molar-refractivity contribution in [1.29, 1.82) is 0 Å². The van der Waals surface area contributed by atoms with Gasteiger partial charge in [0.15, 0.2) is 9.84 Å². The Morgan fingerprint density at radius 3 is 2.80 bits per heavy atom. The monoisotopic (exact) mass is 313 g/mol. The Labute approximate surface area is 123 Å². The van der Waals surface area contributed by atoms with Gasteiger partial charge in [-0.15, -0.1) is 11.3 Å². The van der Waals surface area contributed by atoms with E-state index in [1.165, 1.54) is 29.7 Å². The number of nitrogens with one attached hydrogen (secondary N) is 1. The summed E-state index contributed by atoms with van der Waals surface area (Å²) in [5.74, 6) is 0.174. The summed E-state index contributed by atoms with van der Waals surface area (Å²) in [6, 6.07) is 1.79. The van der Waals surface area contributed by atoms with Crippen LogP contribution in [0.25, 0.3) is 0 Å². The zero-order valence-electron chi connectivity index (χ0n) is 11.4. The molecule has 3 rings (SSSR count). The molecule has 1 atom stereocenters. The molecule has 6 heteroatoms. The van der Waals surface area contributed by atoms with Crippen molar-refractivity contribution in [3.8, 4) is 0 Å².